The highest BCUT2D eigenvalue weighted by molar-refractivity contribution is 6.35. The van der Waals surface area contributed by atoms with Crippen LogP contribution in [0.3, 0.4) is 0 Å². The molecule has 0 bridgehead atoms. The van der Waals surface area contributed by atoms with E-state index in [0.717, 1.165) is 5.56 Å². The fourth-order valence-electron chi connectivity index (χ4n) is 2.34. The first-order valence-corrected chi connectivity index (χ1v) is 7.24. The van der Waals surface area contributed by atoms with Crippen LogP contribution in [0, 0.1) is 5.92 Å². The molecule has 1 aliphatic rings. The third-order valence-electron chi connectivity index (χ3n) is 3.57. The lowest BCUT2D eigenvalue weighted by Crippen LogP contribution is -2.31. The van der Waals surface area contributed by atoms with Gasteiger partial charge >= 0.3 is 0 Å². The van der Waals surface area contributed by atoms with E-state index >= 15 is 0 Å². The van der Waals surface area contributed by atoms with Gasteiger partial charge in [-0.25, -0.2) is 0 Å². The van der Waals surface area contributed by atoms with Crippen molar-refractivity contribution < 1.29 is 9.59 Å². The highest BCUT2D eigenvalue weighted by atomic mass is 35.5. The van der Waals surface area contributed by atoms with Gasteiger partial charge in [0.05, 0.1) is 5.92 Å². The smallest absolute Gasteiger partial charge is 0.222 e. The molecule has 2 N–H and O–H groups in total. The normalized spacial score (nSPS) is 18.3. The molecule has 1 saturated heterocycles. The van der Waals surface area contributed by atoms with Crippen LogP contribution < -0.4 is 5.73 Å². The number of nitrogens with two attached hydrogens (primary N) is 1. The molecule has 1 atom stereocenters. The SMILES string of the molecule is NC(=O)C1CCN(C(=O)CCc2ccc(Cl)cc2Cl)C1. The molecule has 0 aromatic heterocycles. The van der Waals surface area contributed by atoms with E-state index in [-0.39, 0.29) is 17.7 Å². The number of hydrogen-bond acceptors (Lipinski definition) is 2. The summed E-state index contributed by atoms with van der Waals surface area (Å²) >= 11 is 11.9. The predicted molar refractivity (Wildman–Crippen MR) is 78.7 cm³/mol. The van der Waals surface area contributed by atoms with Crippen LogP contribution in [0.4, 0.5) is 0 Å². The van der Waals surface area contributed by atoms with Crippen molar-refractivity contribution in [2.24, 2.45) is 11.7 Å². The van der Waals surface area contributed by atoms with Crippen molar-refractivity contribution in [1.29, 1.82) is 0 Å². The standard InChI is InChI=1S/C14H16Cl2N2O2/c15-11-3-1-9(12(16)7-11)2-4-13(19)18-6-5-10(8-18)14(17)20/h1,3,7,10H,2,4-6,8H2,(H2,17,20). The van der Waals surface area contributed by atoms with E-state index in [0.29, 0.717) is 42.4 Å². The maximum Gasteiger partial charge on any atom is 0.222 e. The van der Waals surface area contributed by atoms with Gasteiger partial charge in [0.2, 0.25) is 11.8 Å². The average Bonchev–Trinajstić information content (AvgIpc) is 2.87. The van der Waals surface area contributed by atoms with Gasteiger partial charge in [0.15, 0.2) is 0 Å². The Morgan fingerprint density at radius 3 is 2.70 bits per heavy atom. The summed E-state index contributed by atoms with van der Waals surface area (Å²) < 4.78 is 0. The Morgan fingerprint density at radius 2 is 2.10 bits per heavy atom. The minimum atomic E-state index is -0.332. The summed E-state index contributed by atoms with van der Waals surface area (Å²) in [6.07, 6.45) is 1.59. The number of halogens is 2. The molecular weight excluding hydrogens is 299 g/mol. The summed E-state index contributed by atoms with van der Waals surface area (Å²) in [5.74, 6) is -0.515. The van der Waals surface area contributed by atoms with Gasteiger partial charge < -0.3 is 10.6 Å². The van der Waals surface area contributed by atoms with Gasteiger partial charge in [-0.15, -0.1) is 0 Å². The molecule has 2 rings (SSSR count). The van der Waals surface area contributed by atoms with Crippen molar-refractivity contribution in [1.82, 2.24) is 4.90 Å². The first kappa shape index (κ1) is 15.1. The number of benzene rings is 1. The zero-order valence-electron chi connectivity index (χ0n) is 10.9. The molecule has 1 aliphatic heterocycles. The van der Waals surface area contributed by atoms with Crippen molar-refractivity contribution >= 4 is 35.0 Å². The number of nitrogens with zero attached hydrogens (tertiary/aromatic N) is 1. The van der Waals surface area contributed by atoms with E-state index in [1.54, 1.807) is 17.0 Å². The van der Waals surface area contributed by atoms with Gasteiger partial charge in [-0.1, -0.05) is 29.3 Å². The minimum absolute atomic E-state index is 0.0276. The second kappa shape index (κ2) is 6.46. The van der Waals surface area contributed by atoms with E-state index in [1.165, 1.54) is 0 Å². The number of carbonyl (C=O) groups is 2. The van der Waals surface area contributed by atoms with E-state index in [2.05, 4.69) is 0 Å². The van der Waals surface area contributed by atoms with Crippen LogP contribution in [0.15, 0.2) is 18.2 Å². The van der Waals surface area contributed by atoms with Gasteiger partial charge in [0.25, 0.3) is 0 Å². The third-order valence-corrected chi connectivity index (χ3v) is 4.15. The van der Waals surface area contributed by atoms with Crippen LogP contribution in [0.2, 0.25) is 10.0 Å². The summed E-state index contributed by atoms with van der Waals surface area (Å²) in [6.45, 7) is 1.03. The lowest BCUT2D eigenvalue weighted by molar-refractivity contribution is -0.130. The number of primary amides is 1. The van der Waals surface area contributed by atoms with Crippen molar-refractivity contribution in [3.8, 4) is 0 Å². The maximum atomic E-state index is 12.1. The Labute approximate surface area is 127 Å². The molecule has 0 spiro atoms. The van der Waals surface area contributed by atoms with E-state index < -0.39 is 0 Å². The molecule has 1 aromatic rings. The monoisotopic (exact) mass is 314 g/mol. The Balaban J connectivity index is 1.88. The Bertz CT molecular complexity index is 534. The number of carbonyl (C=O) groups excluding carboxylic acids is 2. The fourth-order valence-corrected chi connectivity index (χ4v) is 2.85. The van der Waals surface area contributed by atoms with Crippen LogP contribution in [-0.2, 0) is 16.0 Å². The quantitative estimate of drug-likeness (QED) is 0.926. The zero-order chi connectivity index (χ0) is 14.7. The highest BCUT2D eigenvalue weighted by Crippen LogP contribution is 2.23. The Morgan fingerprint density at radius 1 is 1.35 bits per heavy atom. The third kappa shape index (κ3) is 3.64. The van der Waals surface area contributed by atoms with Crippen molar-refractivity contribution in [3.05, 3.63) is 33.8 Å². The highest BCUT2D eigenvalue weighted by Gasteiger charge is 2.29. The van der Waals surface area contributed by atoms with Gasteiger partial charge in [0.1, 0.15) is 0 Å². The van der Waals surface area contributed by atoms with Crippen molar-refractivity contribution in [3.63, 3.8) is 0 Å². The van der Waals surface area contributed by atoms with Crippen molar-refractivity contribution in [2.75, 3.05) is 13.1 Å². The number of likely N-dealkylation sites (tertiary alicyclic amines) is 1. The largest absolute Gasteiger partial charge is 0.369 e. The topological polar surface area (TPSA) is 63.4 Å². The first-order valence-electron chi connectivity index (χ1n) is 6.48. The van der Waals surface area contributed by atoms with Crippen LogP contribution >= 0.6 is 23.2 Å². The molecule has 20 heavy (non-hydrogen) atoms. The average molecular weight is 315 g/mol. The van der Waals surface area contributed by atoms with E-state index in [4.69, 9.17) is 28.9 Å². The molecule has 2 amide bonds. The Kier molecular flexibility index (Phi) is 4.89. The Hall–Kier alpha value is -1.26. The molecule has 1 fully saturated rings. The fraction of sp³-hybridized carbons (Fsp3) is 0.429. The molecule has 1 unspecified atom stereocenters. The lowest BCUT2D eigenvalue weighted by Gasteiger charge is -2.16. The van der Waals surface area contributed by atoms with Gasteiger partial charge in [-0.3, -0.25) is 9.59 Å². The van der Waals surface area contributed by atoms with Gasteiger partial charge in [-0.2, -0.15) is 0 Å². The van der Waals surface area contributed by atoms with Crippen LogP contribution in [0.25, 0.3) is 0 Å². The summed E-state index contributed by atoms with van der Waals surface area (Å²) in [5.41, 5.74) is 6.15. The molecule has 4 nitrogen and oxygen atoms in total. The zero-order valence-corrected chi connectivity index (χ0v) is 12.5. The molecule has 6 heteroatoms. The first-order chi connectivity index (χ1) is 9.47. The van der Waals surface area contributed by atoms with Crippen LogP contribution in [0.1, 0.15) is 18.4 Å². The number of aryl methyl sites for hydroxylation is 1. The molecule has 0 saturated carbocycles. The van der Waals surface area contributed by atoms with E-state index in [9.17, 15) is 9.59 Å². The molecular formula is C14H16Cl2N2O2. The molecule has 0 radical (unpaired) electrons. The molecule has 0 aliphatic carbocycles. The van der Waals surface area contributed by atoms with E-state index in [1.807, 2.05) is 6.07 Å². The van der Waals surface area contributed by atoms with Gasteiger partial charge in [-0.05, 0) is 30.5 Å². The number of amides is 2. The maximum absolute atomic E-state index is 12.1. The number of rotatable bonds is 4. The summed E-state index contributed by atoms with van der Waals surface area (Å²) in [7, 11) is 0. The number of hydrogen-bond donors (Lipinski definition) is 1. The summed E-state index contributed by atoms with van der Waals surface area (Å²) in [4.78, 5) is 24.8. The predicted octanol–water partition coefficient (Wildman–Crippen LogP) is 2.26. The lowest BCUT2D eigenvalue weighted by atomic mass is 10.1. The molecule has 108 valence electrons. The van der Waals surface area contributed by atoms with Crippen LogP contribution in [-0.4, -0.2) is 29.8 Å². The second-order valence-electron chi connectivity index (χ2n) is 4.96. The van der Waals surface area contributed by atoms with Crippen LogP contribution in [0.5, 0.6) is 0 Å². The summed E-state index contributed by atoms with van der Waals surface area (Å²) in [6, 6.07) is 5.25. The van der Waals surface area contributed by atoms with Gasteiger partial charge in [0, 0.05) is 29.6 Å². The summed E-state index contributed by atoms with van der Waals surface area (Å²) in [5, 5.41) is 1.15. The van der Waals surface area contributed by atoms with Crippen molar-refractivity contribution in [2.45, 2.75) is 19.3 Å². The minimum Gasteiger partial charge on any atom is -0.369 e. The molecule has 1 aromatic carbocycles. The molecule has 1 heterocycles. The second-order valence-corrected chi connectivity index (χ2v) is 5.81.